The van der Waals surface area contributed by atoms with Crippen LogP contribution in [-0.2, 0) is 26.3 Å². The Balaban J connectivity index is 1.71. The number of hydrogen-bond acceptors (Lipinski definition) is 3. The molecule has 0 atom stereocenters. The highest BCUT2D eigenvalue weighted by atomic mass is 19.4. The van der Waals surface area contributed by atoms with Crippen LogP contribution in [0.15, 0.2) is 29.3 Å². The molecular weight excluding hydrogens is 381 g/mol. The van der Waals surface area contributed by atoms with Crippen molar-refractivity contribution in [2.45, 2.75) is 64.3 Å². The number of nitrogens with one attached hydrogen (secondary N) is 2. The molecule has 0 aliphatic heterocycles. The first-order valence-corrected chi connectivity index (χ1v) is 9.89. The zero-order valence-electron chi connectivity index (χ0n) is 16.8. The van der Waals surface area contributed by atoms with Gasteiger partial charge < -0.3 is 15.2 Å². The van der Waals surface area contributed by atoms with E-state index in [0.717, 1.165) is 36.6 Å². The van der Waals surface area contributed by atoms with Gasteiger partial charge in [-0.2, -0.15) is 13.2 Å². The smallest absolute Gasteiger partial charge is 0.354 e. The number of aromatic nitrogens is 3. The standard InChI is InChI=1S/C20H27F3N6/c1-14-27-28-18(29(14)2)13-25-19(26-17-9-4-3-5-10-17)24-12-15-7-6-8-16(11-15)20(21,22)23/h6-8,11,17H,3-5,9-10,12-13H2,1-2H3,(H2,24,25,26). The number of aliphatic imine (C=N–C) groups is 1. The molecule has 1 fully saturated rings. The van der Waals surface area contributed by atoms with E-state index in [1.165, 1.54) is 25.3 Å². The maximum atomic E-state index is 12.9. The van der Waals surface area contributed by atoms with Crippen LogP contribution in [0.25, 0.3) is 0 Å². The van der Waals surface area contributed by atoms with Crippen LogP contribution >= 0.6 is 0 Å². The van der Waals surface area contributed by atoms with Crippen molar-refractivity contribution in [3.63, 3.8) is 0 Å². The molecule has 0 saturated heterocycles. The number of benzene rings is 1. The minimum absolute atomic E-state index is 0.157. The molecule has 1 aromatic heterocycles. The molecule has 9 heteroatoms. The molecular formula is C20H27F3N6. The van der Waals surface area contributed by atoms with Crippen molar-refractivity contribution in [1.29, 1.82) is 0 Å². The summed E-state index contributed by atoms with van der Waals surface area (Å²) in [6.07, 6.45) is 1.34. The van der Waals surface area contributed by atoms with Crippen molar-refractivity contribution in [2.75, 3.05) is 0 Å². The molecule has 0 amide bonds. The first-order valence-electron chi connectivity index (χ1n) is 9.89. The molecule has 29 heavy (non-hydrogen) atoms. The second-order valence-electron chi connectivity index (χ2n) is 7.42. The van der Waals surface area contributed by atoms with E-state index >= 15 is 0 Å². The van der Waals surface area contributed by atoms with Gasteiger partial charge in [-0.15, -0.1) is 10.2 Å². The Kier molecular flexibility index (Phi) is 6.76. The van der Waals surface area contributed by atoms with Gasteiger partial charge in [0.1, 0.15) is 5.82 Å². The normalized spacial score (nSPS) is 16.1. The van der Waals surface area contributed by atoms with Crippen LogP contribution in [0.4, 0.5) is 13.2 Å². The molecule has 0 radical (unpaired) electrons. The van der Waals surface area contributed by atoms with E-state index in [4.69, 9.17) is 0 Å². The molecule has 6 nitrogen and oxygen atoms in total. The topological polar surface area (TPSA) is 67.1 Å². The van der Waals surface area contributed by atoms with E-state index in [2.05, 4.69) is 25.8 Å². The molecule has 2 N–H and O–H groups in total. The van der Waals surface area contributed by atoms with E-state index in [1.54, 1.807) is 6.07 Å². The fourth-order valence-corrected chi connectivity index (χ4v) is 3.38. The molecule has 0 spiro atoms. The largest absolute Gasteiger partial charge is 0.416 e. The fourth-order valence-electron chi connectivity index (χ4n) is 3.38. The van der Waals surface area contributed by atoms with Gasteiger partial charge >= 0.3 is 6.18 Å². The van der Waals surface area contributed by atoms with Gasteiger partial charge in [0.15, 0.2) is 11.8 Å². The quantitative estimate of drug-likeness (QED) is 0.585. The summed E-state index contributed by atoms with van der Waals surface area (Å²) in [5.74, 6) is 2.15. The number of halogens is 3. The van der Waals surface area contributed by atoms with E-state index in [0.29, 0.717) is 24.1 Å². The lowest BCUT2D eigenvalue weighted by molar-refractivity contribution is -0.137. The highest BCUT2D eigenvalue weighted by molar-refractivity contribution is 5.80. The van der Waals surface area contributed by atoms with Gasteiger partial charge in [-0.3, -0.25) is 0 Å². The fraction of sp³-hybridized carbons (Fsp3) is 0.550. The Labute approximate surface area is 168 Å². The summed E-state index contributed by atoms with van der Waals surface area (Å²) in [7, 11) is 1.89. The van der Waals surface area contributed by atoms with E-state index in [-0.39, 0.29) is 6.54 Å². The third kappa shape index (κ3) is 5.95. The number of hydrogen-bond donors (Lipinski definition) is 2. The molecule has 1 aliphatic rings. The van der Waals surface area contributed by atoms with Crippen molar-refractivity contribution in [2.24, 2.45) is 12.0 Å². The maximum Gasteiger partial charge on any atom is 0.416 e. The molecule has 1 saturated carbocycles. The van der Waals surface area contributed by atoms with Crippen LogP contribution in [0.1, 0.15) is 54.9 Å². The van der Waals surface area contributed by atoms with Crippen molar-refractivity contribution < 1.29 is 13.2 Å². The van der Waals surface area contributed by atoms with Gasteiger partial charge in [0.05, 0.1) is 18.7 Å². The Hall–Kier alpha value is -2.58. The second kappa shape index (κ2) is 9.28. The van der Waals surface area contributed by atoms with Gasteiger partial charge in [0, 0.05) is 13.1 Å². The second-order valence-corrected chi connectivity index (χ2v) is 7.42. The molecule has 0 bridgehead atoms. The summed E-state index contributed by atoms with van der Waals surface area (Å²) < 4.78 is 40.7. The highest BCUT2D eigenvalue weighted by Crippen LogP contribution is 2.29. The van der Waals surface area contributed by atoms with Gasteiger partial charge in [-0.05, 0) is 37.5 Å². The molecule has 1 aromatic carbocycles. The SMILES string of the molecule is Cc1nnc(CNC(=NCc2cccc(C(F)(F)F)c2)NC2CCCCC2)n1C. The number of alkyl halides is 3. The van der Waals surface area contributed by atoms with Gasteiger partial charge in [0.2, 0.25) is 0 Å². The Morgan fingerprint density at radius 1 is 1.21 bits per heavy atom. The summed E-state index contributed by atoms with van der Waals surface area (Å²) in [4.78, 5) is 4.53. The summed E-state index contributed by atoms with van der Waals surface area (Å²) >= 11 is 0. The minimum Gasteiger partial charge on any atom is -0.354 e. The Morgan fingerprint density at radius 2 is 1.97 bits per heavy atom. The lowest BCUT2D eigenvalue weighted by Crippen LogP contribution is -2.44. The molecule has 158 valence electrons. The first kappa shape index (κ1) is 21.1. The predicted octanol–water partition coefficient (Wildman–Crippen LogP) is 3.71. The molecule has 3 rings (SSSR count). The van der Waals surface area contributed by atoms with Crippen molar-refractivity contribution in [3.8, 4) is 0 Å². The van der Waals surface area contributed by atoms with Crippen LogP contribution in [0.3, 0.4) is 0 Å². The Bertz CT molecular complexity index is 837. The zero-order valence-corrected chi connectivity index (χ0v) is 16.8. The maximum absolute atomic E-state index is 12.9. The number of nitrogens with zero attached hydrogens (tertiary/aromatic N) is 4. The average Bonchev–Trinajstić information content (AvgIpc) is 3.02. The molecule has 0 unspecified atom stereocenters. The molecule has 1 heterocycles. The summed E-state index contributed by atoms with van der Waals surface area (Å²) in [5.41, 5.74) is -0.145. The van der Waals surface area contributed by atoms with Crippen LogP contribution in [0.2, 0.25) is 0 Å². The van der Waals surface area contributed by atoms with E-state index in [1.807, 2.05) is 18.5 Å². The lowest BCUT2D eigenvalue weighted by atomic mass is 9.96. The predicted molar refractivity (Wildman–Crippen MR) is 105 cm³/mol. The third-order valence-corrected chi connectivity index (χ3v) is 5.22. The van der Waals surface area contributed by atoms with Crippen LogP contribution in [0.5, 0.6) is 0 Å². The van der Waals surface area contributed by atoms with Crippen molar-refractivity contribution >= 4 is 5.96 Å². The van der Waals surface area contributed by atoms with Crippen LogP contribution in [-0.4, -0.2) is 26.8 Å². The van der Waals surface area contributed by atoms with E-state index < -0.39 is 11.7 Å². The highest BCUT2D eigenvalue weighted by Gasteiger charge is 2.30. The van der Waals surface area contributed by atoms with E-state index in [9.17, 15) is 13.2 Å². The lowest BCUT2D eigenvalue weighted by Gasteiger charge is -2.25. The van der Waals surface area contributed by atoms with Gasteiger partial charge in [-0.1, -0.05) is 31.4 Å². The zero-order chi connectivity index (χ0) is 20.9. The number of rotatable bonds is 5. The van der Waals surface area contributed by atoms with Crippen molar-refractivity contribution in [1.82, 2.24) is 25.4 Å². The number of guanidine groups is 1. The van der Waals surface area contributed by atoms with Crippen LogP contribution in [0, 0.1) is 6.92 Å². The van der Waals surface area contributed by atoms with Crippen LogP contribution < -0.4 is 10.6 Å². The van der Waals surface area contributed by atoms with Gasteiger partial charge in [-0.25, -0.2) is 4.99 Å². The monoisotopic (exact) mass is 408 g/mol. The van der Waals surface area contributed by atoms with Gasteiger partial charge in [0.25, 0.3) is 0 Å². The first-order chi connectivity index (χ1) is 13.8. The molecule has 1 aliphatic carbocycles. The number of aryl methyl sites for hydroxylation is 1. The Morgan fingerprint density at radius 3 is 2.62 bits per heavy atom. The summed E-state index contributed by atoms with van der Waals surface area (Å²) in [6.45, 7) is 2.46. The average molecular weight is 408 g/mol. The molecule has 2 aromatic rings. The minimum atomic E-state index is -4.36. The van der Waals surface area contributed by atoms with Crippen molar-refractivity contribution in [3.05, 3.63) is 47.0 Å². The third-order valence-electron chi connectivity index (χ3n) is 5.22. The summed E-state index contributed by atoms with van der Waals surface area (Å²) in [6, 6.07) is 5.61. The summed E-state index contributed by atoms with van der Waals surface area (Å²) in [5, 5.41) is 14.8.